The van der Waals surface area contributed by atoms with Crippen LogP contribution in [-0.2, 0) is 4.74 Å². The minimum atomic E-state index is -1.35. The number of alkyl halides is 1. The van der Waals surface area contributed by atoms with Gasteiger partial charge in [-0.15, -0.1) is 10.2 Å². The summed E-state index contributed by atoms with van der Waals surface area (Å²) in [5.74, 6) is 0.860. The van der Waals surface area contributed by atoms with E-state index in [1.54, 1.807) is 45.2 Å². The molecule has 11 nitrogen and oxygen atoms in total. The van der Waals surface area contributed by atoms with Gasteiger partial charge in [0.2, 0.25) is 5.88 Å². The number of para-hydroxylation sites is 1. The van der Waals surface area contributed by atoms with Gasteiger partial charge in [0.05, 0.1) is 17.9 Å². The molecular weight excluding hydrogens is 553 g/mol. The van der Waals surface area contributed by atoms with Gasteiger partial charge < -0.3 is 35.0 Å². The Bertz CT molecular complexity index is 1470. The first-order chi connectivity index (χ1) is 20.6. The molecular formula is C31H38FN7O4. The molecule has 5 heterocycles. The summed E-state index contributed by atoms with van der Waals surface area (Å²) in [4.78, 5) is 22.8. The summed E-state index contributed by atoms with van der Waals surface area (Å²) in [5, 5.41) is 18.7. The van der Waals surface area contributed by atoms with Crippen LogP contribution in [0.2, 0.25) is 0 Å². The van der Waals surface area contributed by atoms with E-state index in [4.69, 9.17) is 15.2 Å². The monoisotopic (exact) mass is 591 g/mol. The van der Waals surface area contributed by atoms with E-state index in [-0.39, 0.29) is 24.4 Å². The molecule has 3 aliphatic rings. The Labute approximate surface area is 250 Å². The maximum absolute atomic E-state index is 15.1. The van der Waals surface area contributed by atoms with Gasteiger partial charge in [-0.2, -0.15) is 0 Å². The maximum Gasteiger partial charge on any atom is 0.410 e. The molecule has 4 atom stereocenters. The second-order valence-corrected chi connectivity index (χ2v) is 12.5. The first-order valence-electron chi connectivity index (χ1n) is 14.8. The lowest BCUT2D eigenvalue weighted by Gasteiger charge is -2.43. The molecule has 0 spiro atoms. The molecule has 12 heteroatoms. The van der Waals surface area contributed by atoms with Crippen LogP contribution < -0.4 is 20.3 Å². The maximum atomic E-state index is 15.1. The van der Waals surface area contributed by atoms with Crippen LogP contribution in [0.1, 0.15) is 40.0 Å². The van der Waals surface area contributed by atoms with E-state index in [1.807, 2.05) is 24.3 Å². The second-order valence-electron chi connectivity index (χ2n) is 12.5. The van der Waals surface area contributed by atoms with Crippen LogP contribution in [0.5, 0.6) is 11.6 Å². The number of fused-ring (bicyclic) bond motifs is 2. The molecule has 4 unspecified atom stereocenters. The van der Waals surface area contributed by atoms with Crippen molar-refractivity contribution in [1.29, 1.82) is 0 Å². The fourth-order valence-corrected chi connectivity index (χ4v) is 6.28. The van der Waals surface area contributed by atoms with Crippen LogP contribution in [0, 0.1) is 0 Å². The van der Waals surface area contributed by atoms with E-state index < -0.39 is 24.0 Å². The zero-order valence-corrected chi connectivity index (χ0v) is 24.7. The lowest BCUT2D eigenvalue weighted by atomic mass is 10.1. The second kappa shape index (κ2) is 11.4. The highest BCUT2D eigenvalue weighted by atomic mass is 19.1. The van der Waals surface area contributed by atoms with Crippen molar-refractivity contribution in [2.45, 2.75) is 70.0 Å². The number of hydrogen-bond donors (Lipinski definition) is 2. The van der Waals surface area contributed by atoms with Gasteiger partial charge in [0.1, 0.15) is 17.5 Å². The zero-order chi connectivity index (χ0) is 30.3. The van der Waals surface area contributed by atoms with Crippen molar-refractivity contribution in [3.63, 3.8) is 0 Å². The number of nitrogen functional groups attached to an aromatic ring is 1. The average Bonchev–Trinajstić information content (AvgIpc) is 3.23. The SMILES string of the molecule is CC(C)(C)OC(=O)N1CCC(Oc2cc(N3C4CCC3CN(c3cc(-c5ccccc5O)nnc3N)C4)ccn2)C(F)C1. The number of phenols is 1. The van der Waals surface area contributed by atoms with Crippen LogP contribution in [-0.4, -0.2) is 87.4 Å². The number of halogens is 1. The zero-order valence-electron chi connectivity index (χ0n) is 24.7. The Morgan fingerprint density at radius 2 is 1.79 bits per heavy atom. The molecule has 3 fully saturated rings. The van der Waals surface area contributed by atoms with Gasteiger partial charge in [0, 0.05) is 61.7 Å². The van der Waals surface area contributed by atoms with Gasteiger partial charge in [-0.3, -0.25) is 0 Å². The Morgan fingerprint density at radius 1 is 1.05 bits per heavy atom. The van der Waals surface area contributed by atoms with Crippen LogP contribution in [0.15, 0.2) is 48.7 Å². The lowest BCUT2D eigenvalue weighted by Crippen LogP contribution is -2.54. The largest absolute Gasteiger partial charge is 0.507 e. The summed E-state index contributed by atoms with van der Waals surface area (Å²) in [6.07, 6.45) is 1.51. The van der Waals surface area contributed by atoms with Crippen LogP contribution >= 0.6 is 0 Å². The average molecular weight is 592 g/mol. The predicted octanol–water partition coefficient (Wildman–Crippen LogP) is 4.41. The van der Waals surface area contributed by atoms with Crippen molar-refractivity contribution in [3.8, 4) is 22.9 Å². The molecule has 3 aromatic rings. The summed E-state index contributed by atoms with van der Waals surface area (Å²) < 4.78 is 26.5. The molecule has 0 radical (unpaired) electrons. The third-order valence-corrected chi connectivity index (χ3v) is 8.23. The molecule has 3 aliphatic heterocycles. The molecule has 228 valence electrons. The van der Waals surface area contributed by atoms with E-state index in [0.29, 0.717) is 35.9 Å². The molecule has 43 heavy (non-hydrogen) atoms. The first-order valence-corrected chi connectivity index (χ1v) is 14.8. The number of hydrogen-bond acceptors (Lipinski definition) is 10. The summed E-state index contributed by atoms with van der Waals surface area (Å²) in [7, 11) is 0. The molecule has 0 saturated carbocycles. The Morgan fingerprint density at radius 3 is 2.49 bits per heavy atom. The third-order valence-electron chi connectivity index (χ3n) is 8.23. The normalized spacial score (nSPS) is 23.8. The summed E-state index contributed by atoms with van der Waals surface area (Å²) in [5.41, 5.74) is 8.61. The Hall–Kier alpha value is -4.35. The van der Waals surface area contributed by atoms with Crippen molar-refractivity contribution < 1.29 is 23.8 Å². The number of ether oxygens (including phenoxy) is 2. The fraction of sp³-hybridized carbons (Fsp3) is 0.484. The number of phenolic OH excluding ortho intramolecular Hbond substituents is 1. The summed E-state index contributed by atoms with van der Waals surface area (Å²) in [6, 6.07) is 13.2. The molecule has 0 aliphatic carbocycles. The van der Waals surface area contributed by atoms with E-state index in [1.165, 1.54) is 4.90 Å². The first kappa shape index (κ1) is 28.8. The number of nitrogens with zero attached hydrogens (tertiary/aromatic N) is 6. The summed E-state index contributed by atoms with van der Waals surface area (Å²) in [6.45, 7) is 7.12. The van der Waals surface area contributed by atoms with E-state index >= 15 is 4.39 Å². The van der Waals surface area contributed by atoms with Crippen LogP contribution in [0.4, 0.5) is 26.4 Å². The standard InChI is InChI=1S/C31H38FN7O4/c1-31(2,3)43-30(41)37-13-11-27(23(32)18-37)42-28-14-19(10-12-34-28)39-20-8-9-21(39)17-38(16-20)25-15-24(35-36-29(25)33)22-6-4-5-7-26(22)40/h4-7,10,12,14-15,20-21,23,27,40H,8-9,11,13,16-18H2,1-3H3,(H2,33,36). The number of benzene rings is 1. The Balaban J connectivity index is 1.13. The van der Waals surface area contributed by atoms with Crippen molar-refractivity contribution in [2.24, 2.45) is 0 Å². The van der Waals surface area contributed by atoms with E-state index in [9.17, 15) is 9.90 Å². The number of piperazine rings is 1. The topological polar surface area (TPSA) is 130 Å². The minimum Gasteiger partial charge on any atom is -0.507 e. The smallest absolute Gasteiger partial charge is 0.410 e. The van der Waals surface area contributed by atoms with Gasteiger partial charge in [0.15, 0.2) is 12.0 Å². The van der Waals surface area contributed by atoms with E-state index in [2.05, 4.69) is 25.0 Å². The van der Waals surface area contributed by atoms with Gasteiger partial charge >= 0.3 is 6.09 Å². The van der Waals surface area contributed by atoms with Crippen molar-refractivity contribution in [1.82, 2.24) is 20.1 Å². The summed E-state index contributed by atoms with van der Waals surface area (Å²) >= 11 is 0. The number of aromatic nitrogens is 3. The molecule has 3 saturated heterocycles. The number of carbonyl (C=O) groups is 1. The van der Waals surface area contributed by atoms with Crippen molar-refractivity contribution in [2.75, 3.05) is 41.7 Å². The number of piperidine rings is 1. The van der Waals surface area contributed by atoms with Crippen LogP contribution in [0.25, 0.3) is 11.3 Å². The Kier molecular flexibility index (Phi) is 7.61. The molecule has 1 aromatic carbocycles. The molecule has 6 rings (SSSR count). The highest BCUT2D eigenvalue weighted by Gasteiger charge is 2.41. The fourth-order valence-electron chi connectivity index (χ4n) is 6.28. The number of carbonyl (C=O) groups excluding carboxylic acids is 1. The lowest BCUT2D eigenvalue weighted by molar-refractivity contribution is -0.0114. The molecule has 2 bridgehead atoms. The van der Waals surface area contributed by atoms with Gasteiger partial charge in [-0.25, -0.2) is 14.2 Å². The number of rotatable bonds is 5. The number of amides is 1. The van der Waals surface area contributed by atoms with Crippen LogP contribution in [0.3, 0.4) is 0 Å². The number of nitrogens with two attached hydrogens (primary N) is 1. The number of aromatic hydroxyl groups is 1. The molecule has 3 N–H and O–H groups in total. The predicted molar refractivity (Wildman–Crippen MR) is 161 cm³/mol. The molecule has 2 aromatic heterocycles. The van der Waals surface area contributed by atoms with Gasteiger partial charge in [-0.1, -0.05) is 12.1 Å². The highest BCUT2D eigenvalue weighted by Crippen LogP contribution is 2.39. The van der Waals surface area contributed by atoms with Crippen molar-refractivity contribution >= 4 is 23.3 Å². The van der Waals surface area contributed by atoms with E-state index in [0.717, 1.165) is 37.3 Å². The number of anilines is 3. The number of likely N-dealkylation sites (tertiary alicyclic amines) is 1. The van der Waals surface area contributed by atoms with Crippen molar-refractivity contribution in [3.05, 3.63) is 48.7 Å². The molecule has 1 amide bonds. The van der Waals surface area contributed by atoms with Gasteiger partial charge in [0.25, 0.3) is 0 Å². The van der Waals surface area contributed by atoms with Gasteiger partial charge in [-0.05, 0) is 57.9 Å². The highest BCUT2D eigenvalue weighted by molar-refractivity contribution is 5.74. The quantitative estimate of drug-likeness (QED) is 0.440. The minimum absolute atomic E-state index is 0.0794. The third kappa shape index (κ3) is 6.09. The number of pyridine rings is 1.